The highest BCUT2D eigenvalue weighted by molar-refractivity contribution is 5.45. The molecule has 0 aliphatic heterocycles. The molecular formula is C12H20N2. The zero-order valence-corrected chi connectivity index (χ0v) is 9.30. The molecule has 0 aliphatic rings. The number of nitrogens with one attached hydrogen (secondary N) is 2. The van der Waals surface area contributed by atoms with Crippen LogP contribution in [0.5, 0.6) is 0 Å². The van der Waals surface area contributed by atoms with Crippen molar-refractivity contribution in [1.29, 1.82) is 0 Å². The molecule has 0 heterocycles. The van der Waals surface area contributed by atoms with Gasteiger partial charge in [0.2, 0.25) is 0 Å². The molecule has 0 aliphatic carbocycles. The SMILES string of the molecule is CCNCc1ccc(NC(C)C)cc1. The van der Waals surface area contributed by atoms with Crippen molar-refractivity contribution < 1.29 is 0 Å². The van der Waals surface area contributed by atoms with Gasteiger partial charge in [-0.2, -0.15) is 0 Å². The standard InChI is InChI=1S/C12H20N2/c1-4-13-9-11-5-7-12(8-6-11)14-10(2)3/h5-8,10,13-14H,4,9H2,1-3H3. The van der Waals surface area contributed by atoms with Crippen molar-refractivity contribution in [3.8, 4) is 0 Å². The fourth-order valence-corrected chi connectivity index (χ4v) is 1.32. The lowest BCUT2D eigenvalue weighted by molar-refractivity contribution is 0.727. The molecule has 0 saturated carbocycles. The lowest BCUT2D eigenvalue weighted by Crippen LogP contribution is -2.12. The first kappa shape index (κ1) is 11.1. The molecule has 2 heteroatoms. The highest BCUT2D eigenvalue weighted by atomic mass is 14.9. The fraction of sp³-hybridized carbons (Fsp3) is 0.500. The van der Waals surface area contributed by atoms with Crippen LogP contribution in [0.4, 0.5) is 5.69 Å². The van der Waals surface area contributed by atoms with Crippen molar-refractivity contribution in [3.05, 3.63) is 29.8 Å². The normalized spacial score (nSPS) is 10.6. The van der Waals surface area contributed by atoms with Crippen molar-refractivity contribution in [2.45, 2.75) is 33.4 Å². The molecule has 0 fully saturated rings. The van der Waals surface area contributed by atoms with Crippen LogP contribution < -0.4 is 10.6 Å². The topological polar surface area (TPSA) is 24.1 Å². The van der Waals surface area contributed by atoms with E-state index < -0.39 is 0 Å². The third-order valence-corrected chi connectivity index (χ3v) is 1.99. The van der Waals surface area contributed by atoms with Gasteiger partial charge in [-0.3, -0.25) is 0 Å². The Morgan fingerprint density at radius 2 is 1.79 bits per heavy atom. The predicted octanol–water partition coefficient (Wildman–Crippen LogP) is 2.62. The van der Waals surface area contributed by atoms with Crippen LogP contribution in [0.2, 0.25) is 0 Å². The van der Waals surface area contributed by atoms with Crippen molar-refractivity contribution in [3.63, 3.8) is 0 Å². The molecule has 1 rings (SSSR count). The minimum Gasteiger partial charge on any atom is -0.383 e. The van der Waals surface area contributed by atoms with Crippen LogP contribution in [0.1, 0.15) is 26.3 Å². The minimum atomic E-state index is 0.495. The number of hydrogen-bond donors (Lipinski definition) is 2. The van der Waals surface area contributed by atoms with E-state index in [1.807, 2.05) is 0 Å². The Hall–Kier alpha value is -1.02. The molecule has 0 radical (unpaired) electrons. The van der Waals surface area contributed by atoms with E-state index in [1.165, 1.54) is 11.3 Å². The Bertz CT molecular complexity index is 252. The molecule has 78 valence electrons. The highest BCUT2D eigenvalue weighted by Crippen LogP contribution is 2.10. The summed E-state index contributed by atoms with van der Waals surface area (Å²) in [5, 5.41) is 6.67. The first-order chi connectivity index (χ1) is 6.72. The van der Waals surface area contributed by atoms with E-state index in [4.69, 9.17) is 0 Å². The second kappa shape index (κ2) is 5.66. The Balaban J connectivity index is 2.50. The molecule has 0 spiro atoms. The van der Waals surface area contributed by atoms with E-state index in [9.17, 15) is 0 Å². The number of rotatable bonds is 5. The van der Waals surface area contributed by atoms with E-state index in [0.29, 0.717) is 6.04 Å². The molecule has 14 heavy (non-hydrogen) atoms. The Morgan fingerprint density at radius 3 is 2.29 bits per heavy atom. The maximum atomic E-state index is 3.37. The summed E-state index contributed by atoms with van der Waals surface area (Å²) in [4.78, 5) is 0. The lowest BCUT2D eigenvalue weighted by atomic mass is 10.2. The Morgan fingerprint density at radius 1 is 1.14 bits per heavy atom. The van der Waals surface area contributed by atoms with Crippen LogP contribution >= 0.6 is 0 Å². The lowest BCUT2D eigenvalue weighted by Gasteiger charge is -2.10. The van der Waals surface area contributed by atoms with E-state index in [0.717, 1.165) is 13.1 Å². The summed E-state index contributed by atoms with van der Waals surface area (Å²) in [5.74, 6) is 0. The average Bonchev–Trinajstić information content (AvgIpc) is 2.16. The monoisotopic (exact) mass is 192 g/mol. The molecular weight excluding hydrogens is 172 g/mol. The van der Waals surface area contributed by atoms with Crippen LogP contribution in [0.15, 0.2) is 24.3 Å². The quantitative estimate of drug-likeness (QED) is 0.749. The third kappa shape index (κ3) is 3.79. The molecule has 0 unspecified atom stereocenters. The van der Waals surface area contributed by atoms with Crippen LogP contribution in [0.3, 0.4) is 0 Å². The second-order valence-corrected chi connectivity index (χ2v) is 3.78. The van der Waals surface area contributed by atoms with Crippen LogP contribution in [-0.2, 0) is 6.54 Å². The first-order valence-electron chi connectivity index (χ1n) is 5.28. The fourth-order valence-electron chi connectivity index (χ4n) is 1.32. The zero-order valence-electron chi connectivity index (χ0n) is 9.30. The molecule has 1 aromatic rings. The van der Waals surface area contributed by atoms with E-state index in [2.05, 4.69) is 55.7 Å². The maximum absolute atomic E-state index is 3.37. The number of anilines is 1. The van der Waals surface area contributed by atoms with Crippen LogP contribution in [0, 0.1) is 0 Å². The molecule has 0 saturated heterocycles. The molecule has 0 atom stereocenters. The third-order valence-electron chi connectivity index (χ3n) is 1.99. The van der Waals surface area contributed by atoms with Gasteiger partial charge in [0, 0.05) is 18.3 Å². The first-order valence-corrected chi connectivity index (χ1v) is 5.28. The van der Waals surface area contributed by atoms with Gasteiger partial charge in [0.15, 0.2) is 0 Å². The summed E-state index contributed by atoms with van der Waals surface area (Å²) in [6.45, 7) is 8.39. The summed E-state index contributed by atoms with van der Waals surface area (Å²) in [6, 6.07) is 9.08. The summed E-state index contributed by atoms with van der Waals surface area (Å²) in [7, 11) is 0. The Kier molecular flexibility index (Phi) is 4.47. The van der Waals surface area contributed by atoms with Gasteiger partial charge in [0.05, 0.1) is 0 Å². The summed E-state index contributed by atoms with van der Waals surface area (Å²) in [5.41, 5.74) is 2.53. The molecule has 0 bridgehead atoms. The number of benzene rings is 1. The van der Waals surface area contributed by atoms with Crippen molar-refractivity contribution in [1.82, 2.24) is 5.32 Å². The van der Waals surface area contributed by atoms with Gasteiger partial charge in [-0.15, -0.1) is 0 Å². The van der Waals surface area contributed by atoms with E-state index >= 15 is 0 Å². The van der Waals surface area contributed by atoms with Crippen molar-refractivity contribution in [2.75, 3.05) is 11.9 Å². The molecule has 2 N–H and O–H groups in total. The van der Waals surface area contributed by atoms with Gasteiger partial charge in [-0.05, 0) is 38.1 Å². The minimum absolute atomic E-state index is 0.495. The maximum Gasteiger partial charge on any atom is 0.0342 e. The predicted molar refractivity (Wildman–Crippen MR) is 62.6 cm³/mol. The van der Waals surface area contributed by atoms with Crippen LogP contribution in [0.25, 0.3) is 0 Å². The zero-order chi connectivity index (χ0) is 10.4. The van der Waals surface area contributed by atoms with Crippen molar-refractivity contribution in [2.24, 2.45) is 0 Å². The van der Waals surface area contributed by atoms with Gasteiger partial charge in [0.25, 0.3) is 0 Å². The Labute approximate surface area is 86.7 Å². The van der Waals surface area contributed by atoms with Crippen molar-refractivity contribution >= 4 is 5.69 Å². The molecule has 0 aromatic heterocycles. The number of hydrogen-bond acceptors (Lipinski definition) is 2. The van der Waals surface area contributed by atoms with Gasteiger partial charge in [0.1, 0.15) is 0 Å². The molecule has 1 aromatic carbocycles. The van der Waals surface area contributed by atoms with Gasteiger partial charge in [-0.25, -0.2) is 0 Å². The van der Waals surface area contributed by atoms with Gasteiger partial charge < -0.3 is 10.6 Å². The largest absolute Gasteiger partial charge is 0.383 e. The molecule has 2 nitrogen and oxygen atoms in total. The summed E-state index contributed by atoms with van der Waals surface area (Å²) < 4.78 is 0. The molecule has 0 amide bonds. The van der Waals surface area contributed by atoms with Crippen LogP contribution in [-0.4, -0.2) is 12.6 Å². The summed E-state index contributed by atoms with van der Waals surface area (Å²) in [6.07, 6.45) is 0. The van der Waals surface area contributed by atoms with Gasteiger partial charge in [-0.1, -0.05) is 19.1 Å². The van der Waals surface area contributed by atoms with E-state index in [1.54, 1.807) is 0 Å². The van der Waals surface area contributed by atoms with E-state index in [-0.39, 0.29) is 0 Å². The summed E-state index contributed by atoms with van der Waals surface area (Å²) >= 11 is 0. The second-order valence-electron chi connectivity index (χ2n) is 3.78. The van der Waals surface area contributed by atoms with Gasteiger partial charge >= 0.3 is 0 Å². The smallest absolute Gasteiger partial charge is 0.0342 e. The average molecular weight is 192 g/mol. The highest BCUT2D eigenvalue weighted by Gasteiger charge is 1.95.